The van der Waals surface area contributed by atoms with E-state index in [9.17, 15) is 0 Å². The minimum absolute atomic E-state index is 0.825. The van der Waals surface area contributed by atoms with Crippen LogP contribution in [0.5, 0.6) is 0 Å². The molecule has 0 spiro atoms. The van der Waals surface area contributed by atoms with Crippen molar-refractivity contribution in [1.29, 1.82) is 0 Å². The number of nitrogens with two attached hydrogens (primary N) is 1. The van der Waals surface area contributed by atoms with Crippen LogP contribution in [-0.2, 0) is 13.0 Å². The fourth-order valence-corrected chi connectivity index (χ4v) is 1.86. The maximum Gasteiger partial charge on any atom is 0.0314 e. The summed E-state index contributed by atoms with van der Waals surface area (Å²) in [5.41, 5.74) is 10.4. The molecule has 0 saturated carbocycles. The van der Waals surface area contributed by atoms with Gasteiger partial charge in [0.15, 0.2) is 0 Å². The van der Waals surface area contributed by atoms with Gasteiger partial charge < -0.3 is 11.1 Å². The summed E-state index contributed by atoms with van der Waals surface area (Å²) < 4.78 is 0. The number of benzene rings is 2. The Hall–Kier alpha value is -1.80. The Bertz CT molecular complexity index is 424. The van der Waals surface area contributed by atoms with Gasteiger partial charge in [0.05, 0.1) is 0 Å². The third-order valence-corrected chi connectivity index (χ3v) is 3.02. The third-order valence-electron chi connectivity index (χ3n) is 3.02. The largest absolute Gasteiger partial charge is 0.399 e. The van der Waals surface area contributed by atoms with E-state index in [0.29, 0.717) is 0 Å². The summed E-state index contributed by atoms with van der Waals surface area (Å²) in [6.45, 7) is 4.02. The second-order valence-electron chi connectivity index (χ2n) is 4.65. The van der Waals surface area contributed by atoms with E-state index >= 15 is 0 Å². The van der Waals surface area contributed by atoms with Gasteiger partial charge in [-0.05, 0) is 43.1 Å². The number of hydrogen-bond acceptors (Lipinski definition) is 2. The Balaban J connectivity index is 1.73. The third kappa shape index (κ3) is 3.90. The Morgan fingerprint density at radius 2 is 1.50 bits per heavy atom. The highest BCUT2D eigenvalue weighted by atomic mass is 14.8. The van der Waals surface area contributed by atoms with Gasteiger partial charge in [0.25, 0.3) is 0 Å². The summed E-state index contributed by atoms with van der Waals surface area (Å²) in [5.74, 6) is 0. The number of nitrogens with one attached hydrogen (secondary N) is 1. The molecule has 0 aliphatic carbocycles. The number of nitrogen functional groups attached to an aromatic ring is 1. The number of hydrogen-bond donors (Lipinski definition) is 2. The number of anilines is 1. The molecular weight excluding hydrogens is 220 g/mol. The molecule has 0 bridgehead atoms. The lowest BCUT2D eigenvalue weighted by molar-refractivity contribution is 0.687. The molecule has 0 aliphatic heterocycles. The summed E-state index contributed by atoms with van der Waals surface area (Å²) >= 11 is 0. The lowest BCUT2D eigenvalue weighted by atomic mass is 10.1. The molecule has 2 aromatic rings. The van der Waals surface area contributed by atoms with Crippen molar-refractivity contribution < 1.29 is 0 Å². The summed E-state index contributed by atoms with van der Waals surface area (Å²) in [6, 6.07) is 16.7. The molecule has 2 nitrogen and oxygen atoms in total. The van der Waals surface area contributed by atoms with Crippen molar-refractivity contribution >= 4 is 5.69 Å². The highest BCUT2D eigenvalue weighted by Crippen LogP contribution is 2.06. The molecule has 3 N–H and O–H groups in total. The fourth-order valence-electron chi connectivity index (χ4n) is 1.86. The number of rotatable bonds is 5. The van der Waals surface area contributed by atoms with Gasteiger partial charge in [0.2, 0.25) is 0 Å². The summed E-state index contributed by atoms with van der Waals surface area (Å²) in [7, 11) is 0. The molecule has 0 fully saturated rings. The average molecular weight is 240 g/mol. The zero-order valence-electron chi connectivity index (χ0n) is 10.8. The highest BCUT2D eigenvalue weighted by Gasteiger charge is 1.94. The van der Waals surface area contributed by atoms with Crippen LogP contribution in [0.4, 0.5) is 5.69 Å². The zero-order valence-corrected chi connectivity index (χ0v) is 10.8. The van der Waals surface area contributed by atoms with Gasteiger partial charge >= 0.3 is 0 Å². The summed E-state index contributed by atoms with van der Waals surface area (Å²) in [5, 5.41) is 3.45. The SMILES string of the molecule is Cc1ccc(CNCCc2ccc(N)cc2)cc1. The van der Waals surface area contributed by atoms with Crippen LogP contribution in [0.1, 0.15) is 16.7 Å². The molecule has 94 valence electrons. The molecule has 2 aromatic carbocycles. The molecule has 0 heterocycles. The van der Waals surface area contributed by atoms with Crippen molar-refractivity contribution in [2.45, 2.75) is 19.9 Å². The first-order valence-electron chi connectivity index (χ1n) is 6.35. The second-order valence-corrected chi connectivity index (χ2v) is 4.65. The molecule has 0 saturated heterocycles. The highest BCUT2D eigenvalue weighted by molar-refractivity contribution is 5.39. The van der Waals surface area contributed by atoms with Crippen LogP contribution >= 0.6 is 0 Å². The monoisotopic (exact) mass is 240 g/mol. The van der Waals surface area contributed by atoms with Crippen molar-refractivity contribution in [2.75, 3.05) is 12.3 Å². The van der Waals surface area contributed by atoms with Gasteiger partial charge in [-0.25, -0.2) is 0 Å². The average Bonchev–Trinajstić information content (AvgIpc) is 2.39. The number of aryl methyl sites for hydroxylation is 1. The molecule has 2 rings (SSSR count). The Morgan fingerprint density at radius 1 is 0.889 bits per heavy atom. The molecule has 0 unspecified atom stereocenters. The van der Waals surface area contributed by atoms with E-state index in [1.165, 1.54) is 16.7 Å². The molecule has 0 amide bonds. The molecule has 18 heavy (non-hydrogen) atoms. The van der Waals surface area contributed by atoms with Crippen molar-refractivity contribution in [3.8, 4) is 0 Å². The van der Waals surface area contributed by atoms with E-state index < -0.39 is 0 Å². The maximum atomic E-state index is 5.65. The quantitative estimate of drug-likeness (QED) is 0.623. The summed E-state index contributed by atoms with van der Waals surface area (Å²) in [6.07, 6.45) is 1.03. The normalized spacial score (nSPS) is 10.5. The Morgan fingerprint density at radius 3 is 2.17 bits per heavy atom. The van der Waals surface area contributed by atoms with Crippen LogP contribution < -0.4 is 11.1 Å². The Kier molecular flexibility index (Phi) is 4.37. The lowest BCUT2D eigenvalue weighted by Gasteiger charge is -2.06. The van der Waals surface area contributed by atoms with E-state index in [-0.39, 0.29) is 0 Å². The van der Waals surface area contributed by atoms with Crippen molar-refractivity contribution in [3.63, 3.8) is 0 Å². The molecule has 2 heteroatoms. The van der Waals surface area contributed by atoms with Crippen molar-refractivity contribution in [1.82, 2.24) is 5.32 Å². The van der Waals surface area contributed by atoms with E-state index in [0.717, 1.165) is 25.2 Å². The first-order chi connectivity index (χ1) is 8.74. The van der Waals surface area contributed by atoms with Crippen LogP contribution in [-0.4, -0.2) is 6.54 Å². The topological polar surface area (TPSA) is 38.0 Å². The second kappa shape index (κ2) is 6.22. The molecule has 0 radical (unpaired) electrons. The minimum atomic E-state index is 0.825. The molecule has 0 aliphatic rings. The fraction of sp³-hybridized carbons (Fsp3) is 0.250. The van der Waals surface area contributed by atoms with Crippen LogP contribution in [0.2, 0.25) is 0 Å². The van der Waals surface area contributed by atoms with Gasteiger partial charge in [-0.1, -0.05) is 42.0 Å². The first kappa shape index (κ1) is 12.7. The predicted molar refractivity (Wildman–Crippen MR) is 77.4 cm³/mol. The smallest absolute Gasteiger partial charge is 0.0314 e. The minimum Gasteiger partial charge on any atom is -0.399 e. The van der Waals surface area contributed by atoms with E-state index in [4.69, 9.17) is 5.73 Å². The summed E-state index contributed by atoms with van der Waals surface area (Å²) in [4.78, 5) is 0. The molecule has 0 aromatic heterocycles. The van der Waals surface area contributed by atoms with E-state index in [1.54, 1.807) is 0 Å². The lowest BCUT2D eigenvalue weighted by Crippen LogP contribution is -2.16. The van der Waals surface area contributed by atoms with Crippen LogP contribution in [0.15, 0.2) is 48.5 Å². The molecule has 0 atom stereocenters. The van der Waals surface area contributed by atoms with Crippen molar-refractivity contribution in [2.24, 2.45) is 0 Å². The van der Waals surface area contributed by atoms with E-state index in [2.05, 4.69) is 48.6 Å². The molecular formula is C16H20N2. The van der Waals surface area contributed by atoms with Crippen LogP contribution in [0, 0.1) is 6.92 Å². The van der Waals surface area contributed by atoms with Gasteiger partial charge in [-0.2, -0.15) is 0 Å². The van der Waals surface area contributed by atoms with Crippen LogP contribution in [0.25, 0.3) is 0 Å². The zero-order chi connectivity index (χ0) is 12.8. The van der Waals surface area contributed by atoms with Gasteiger partial charge in [0.1, 0.15) is 0 Å². The first-order valence-corrected chi connectivity index (χ1v) is 6.35. The van der Waals surface area contributed by atoms with Crippen molar-refractivity contribution in [3.05, 3.63) is 65.2 Å². The maximum absolute atomic E-state index is 5.65. The van der Waals surface area contributed by atoms with Gasteiger partial charge in [-0.15, -0.1) is 0 Å². The Labute approximate surface area is 109 Å². The van der Waals surface area contributed by atoms with Gasteiger partial charge in [0, 0.05) is 12.2 Å². The predicted octanol–water partition coefficient (Wildman–Crippen LogP) is 2.91. The van der Waals surface area contributed by atoms with Crippen LogP contribution in [0.3, 0.4) is 0 Å². The van der Waals surface area contributed by atoms with E-state index in [1.807, 2.05) is 12.1 Å². The standard InChI is InChI=1S/C16H20N2/c1-13-2-4-15(5-3-13)12-18-11-10-14-6-8-16(17)9-7-14/h2-9,18H,10-12,17H2,1H3. The van der Waals surface area contributed by atoms with Gasteiger partial charge in [-0.3, -0.25) is 0 Å².